The Morgan fingerprint density at radius 1 is 1.53 bits per heavy atom. The molecule has 0 spiro atoms. The number of piperazine rings is 1. The Hall–Kier alpha value is -1.95. The Morgan fingerprint density at radius 2 is 2.26 bits per heavy atom. The number of aromatic nitrogens is 1. The lowest BCUT2D eigenvalue weighted by Gasteiger charge is -2.34. The molecule has 1 aromatic heterocycles. The van der Waals surface area contributed by atoms with Gasteiger partial charge >= 0.3 is 0 Å². The number of amides is 2. The largest absolute Gasteiger partial charge is 0.335 e. The van der Waals surface area contributed by atoms with Crippen LogP contribution in [-0.2, 0) is 9.59 Å². The summed E-state index contributed by atoms with van der Waals surface area (Å²) in [5.41, 5.74) is 6.69. The van der Waals surface area contributed by atoms with Crippen molar-refractivity contribution >= 4 is 17.6 Å². The summed E-state index contributed by atoms with van der Waals surface area (Å²) in [6.45, 7) is 3.93. The molecule has 1 unspecified atom stereocenters. The molecule has 2 rings (SSSR count). The number of hydrogen-bond donors (Lipinski definition) is 2. The number of imide groups is 1. The molecule has 0 saturated carbocycles. The second kappa shape index (κ2) is 5.36. The zero-order valence-corrected chi connectivity index (χ0v) is 11.1. The van der Waals surface area contributed by atoms with Crippen molar-refractivity contribution in [3.05, 3.63) is 23.9 Å². The Labute approximate surface area is 112 Å². The van der Waals surface area contributed by atoms with Gasteiger partial charge in [0.1, 0.15) is 11.9 Å². The van der Waals surface area contributed by atoms with E-state index in [1.165, 1.54) is 0 Å². The highest BCUT2D eigenvalue weighted by Gasteiger charge is 2.33. The molecule has 102 valence electrons. The summed E-state index contributed by atoms with van der Waals surface area (Å²) in [6.07, 6.45) is 2.31. The van der Waals surface area contributed by atoms with Gasteiger partial charge in [-0.1, -0.05) is 13.0 Å². The van der Waals surface area contributed by atoms with E-state index < -0.39 is 0 Å². The summed E-state index contributed by atoms with van der Waals surface area (Å²) < 4.78 is 0. The summed E-state index contributed by atoms with van der Waals surface area (Å²) in [5.74, 6) is 0.0593. The van der Waals surface area contributed by atoms with Gasteiger partial charge in [-0.2, -0.15) is 0 Å². The van der Waals surface area contributed by atoms with Gasteiger partial charge in [-0.25, -0.2) is 4.98 Å². The van der Waals surface area contributed by atoms with E-state index in [4.69, 9.17) is 5.73 Å². The monoisotopic (exact) mass is 262 g/mol. The van der Waals surface area contributed by atoms with Gasteiger partial charge in [0, 0.05) is 12.2 Å². The molecule has 1 aromatic rings. The lowest BCUT2D eigenvalue weighted by molar-refractivity contribution is -0.132. The minimum absolute atomic E-state index is 0.0881. The molecule has 2 atom stereocenters. The number of anilines is 1. The average Bonchev–Trinajstić information content (AvgIpc) is 2.38. The van der Waals surface area contributed by atoms with Crippen LogP contribution in [0, 0.1) is 0 Å². The molecule has 0 aromatic carbocycles. The van der Waals surface area contributed by atoms with Gasteiger partial charge in [0.2, 0.25) is 11.8 Å². The first-order valence-corrected chi connectivity index (χ1v) is 6.34. The molecule has 0 radical (unpaired) electrons. The summed E-state index contributed by atoms with van der Waals surface area (Å²) in [4.78, 5) is 29.3. The molecular formula is C13H18N4O2. The number of nitrogens with two attached hydrogens (primary N) is 1. The highest BCUT2D eigenvalue weighted by Crippen LogP contribution is 2.20. The minimum atomic E-state index is -0.355. The smallest absolute Gasteiger partial charge is 0.249 e. The first-order valence-electron chi connectivity index (χ1n) is 6.34. The molecule has 2 heterocycles. The van der Waals surface area contributed by atoms with Gasteiger partial charge < -0.3 is 10.6 Å². The van der Waals surface area contributed by atoms with Gasteiger partial charge in [0.05, 0.1) is 6.54 Å². The number of hydrogen-bond acceptors (Lipinski definition) is 5. The standard InChI is InChI=1S/C13H18N4O2/c1-3-10-13(19)16-12(18)7-17(10)11-5-4-9(6-15-11)8(2)14/h4-6,8,10H,3,7,14H2,1-2H3,(H,16,18,19)/t8-,10?/m1/s1. The van der Waals surface area contributed by atoms with Gasteiger partial charge in [0.15, 0.2) is 0 Å². The van der Waals surface area contributed by atoms with E-state index in [0.717, 1.165) is 5.56 Å². The van der Waals surface area contributed by atoms with Crippen LogP contribution in [0.4, 0.5) is 5.82 Å². The average molecular weight is 262 g/mol. The Bertz CT molecular complexity index is 484. The van der Waals surface area contributed by atoms with E-state index in [2.05, 4.69) is 10.3 Å². The normalized spacial score (nSPS) is 21.2. The second-order valence-electron chi connectivity index (χ2n) is 4.70. The lowest BCUT2D eigenvalue weighted by Crippen LogP contribution is -2.58. The fourth-order valence-electron chi connectivity index (χ4n) is 2.15. The minimum Gasteiger partial charge on any atom is -0.335 e. The Kier molecular flexibility index (Phi) is 3.80. The van der Waals surface area contributed by atoms with Gasteiger partial charge in [0.25, 0.3) is 0 Å². The number of rotatable bonds is 3. The summed E-state index contributed by atoms with van der Waals surface area (Å²) >= 11 is 0. The van der Waals surface area contributed by atoms with Crippen molar-refractivity contribution < 1.29 is 9.59 Å². The van der Waals surface area contributed by atoms with Crippen LogP contribution >= 0.6 is 0 Å². The van der Waals surface area contributed by atoms with E-state index >= 15 is 0 Å². The highest BCUT2D eigenvalue weighted by atomic mass is 16.2. The third kappa shape index (κ3) is 2.73. The fourth-order valence-corrected chi connectivity index (χ4v) is 2.15. The molecular weight excluding hydrogens is 244 g/mol. The maximum absolute atomic E-state index is 11.8. The number of nitrogens with zero attached hydrogens (tertiary/aromatic N) is 2. The van der Waals surface area contributed by atoms with Crippen LogP contribution in [0.15, 0.2) is 18.3 Å². The molecule has 1 fully saturated rings. The molecule has 1 aliphatic rings. The lowest BCUT2D eigenvalue weighted by atomic mass is 10.1. The van der Waals surface area contributed by atoms with Crippen molar-refractivity contribution in [1.29, 1.82) is 0 Å². The van der Waals surface area contributed by atoms with Crippen molar-refractivity contribution in [3.8, 4) is 0 Å². The van der Waals surface area contributed by atoms with E-state index in [1.54, 1.807) is 17.2 Å². The molecule has 19 heavy (non-hydrogen) atoms. The predicted octanol–water partition coefficient (Wildman–Crippen LogP) is 0.343. The maximum atomic E-state index is 11.8. The molecule has 6 nitrogen and oxygen atoms in total. The first-order chi connectivity index (χ1) is 9.02. The number of pyridine rings is 1. The van der Waals surface area contributed by atoms with E-state index in [1.807, 2.05) is 19.9 Å². The van der Waals surface area contributed by atoms with Crippen molar-refractivity contribution in [2.45, 2.75) is 32.4 Å². The van der Waals surface area contributed by atoms with Crippen LogP contribution in [0.25, 0.3) is 0 Å². The van der Waals surface area contributed by atoms with Crippen LogP contribution in [0.5, 0.6) is 0 Å². The molecule has 0 bridgehead atoms. The van der Waals surface area contributed by atoms with Gasteiger partial charge in [-0.15, -0.1) is 0 Å². The van der Waals surface area contributed by atoms with Crippen molar-refractivity contribution in [1.82, 2.24) is 10.3 Å². The number of carbonyl (C=O) groups excluding carboxylic acids is 2. The fraction of sp³-hybridized carbons (Fsp3) is 0.462. The molecule has 6 heteroatoms. The SMILES string of the molecule is CCC1C(=O)NC(=O)CN1c1ccc([C@@H](C)N)cn1. The molecule has 1 aliphatic heterocycles. The van der Waals surface area contributed by atoms with Crippen molar-refractivity contribution in [3.63, 3.8) is 0 Å². The third-order valence-corrected chi connectivity index (χ3v) is 3.23. The Morgan fingerprint density at radius 3 is 2.79 bits per heavy atom. The topological polar surface area (TPSA) is 88.3 Å². The Balaban J connectivity index is 2.27. The van der Waals surface area contributed by atoms with E-state index in [-0.39, 0.29) is 30.4 Å². The quantitative estimate of drug-likeness (QED) is 0.767. The third-order valence-electron chi connectivity index (χ3n) is 3.23. The number of carbonyl (C=O) groups is 2. The predicted molar refractivity (Wildman–Crippen MR) is 71.4 cm³/mol. The molecule has 0 aliphatic carbocycles. The van der Waals surface area contributed by atoms with Crippen LogP contribution in [-0.4, -0.2) is 29.4 Å². The second-order valence-corrected chi connectivity index (χ2v) is 4.70. The van der Waals surface area contributed by atoms with E-state index in [0.29, 0.717) is 12.2 Å². The van der Waals surface area contributed by atoms with Gasteiger partial charge in [-0.05, 0) is 25.0 Å². The zero-order chi connectivity index (χ0) is 14.0. The van der Waals surface area contributed by atoms with Crippen LogP contribution < -0.4 is 16.0 Å². The summed E-state index contributed by atoms with van der Waals surface area (Å²) in [5, 5.41) is 2.34. The summed E-state index contributed by atoms with van der Waals surface area (Å²) in [7, 11) is 0. The number of nitrogens with one attached hydrogen (secondary N) is 1. The maximum Gasteiger partial charge on any atom is 0.249 e. The zero-order valence-electron chi connectivity index (χ0n) is 11.1. The van der Waals surface area contributed by atoms with Crippen LogP contribution in [0.2, 0.25) is 0 Å². The molecule has 2 amide bonds. The molecule has 1 saturated heterocycles. The highest BCUT2D eigenvalue weighted by molar-refractivity contribution is 6.04. The first kappa shape index (κ1) is 13.5. The van der Waals surface area contributed by atoms with Crippen LogP contribution in [0.3, 0.4) is 0 Å². The van der Waals surface area contributed by atoms with Crippen LogP contribution in [0.1, 0.15) is 31.9 Å². The summed E-state index contributed by atoms with van der Waals surface area (Å²) in [6, 6.07) is 3.23. The molecule has 3 N–H and O–H groups in total. The van der Waals surface area contributed by atoms with Crippen molar-refractivity contribution in [2.24, 2.45) is 5.73 Å². The van der Waals surface area contributed by atoms with Gasteiger partial charge in [-0.3, -0.25) is 14.9 Å². The van der Waals surface area contributed by atoms with Crippen molar-refractivity contribution in [2.75, 3.05) is 11.4 Å². The van der Waals surface area contributed by atoms with E-state index in [9.17, 15) is 9.59 Å².